The molecule has 0 N–H and O–H groups in total. The van der Waals surface area contributed by atoms with Crippen molar-refractivity contribution in [2.75, 3.05) is 20.0 Å². The molecule has 1 rings (SSSR count). The van der Waals surface area contributed by atoms with Crippen LogP contribution in [0.3, 0.4) is 0 Å². The van der Waals surface area contributed by atoms with Gasteiger partial charge in [0.25, 0.3) is 0 Å². The van der Waals surface area contributed by atoms with Crippen molar-refractivity contribution in [3.8, 4) is 0 Å². The summed E-state index contributed by atoms with van der Waals surface area (Å²) in [7, 11) is 0. The fourth-order valence-corrected chi connectivity index (χ4v) is 2.95. The molecule has 0 fully saturated rings. The summed E-state index contributed by atoms with van der Waals surface area (Å²) in [5, 5.41) is 0. The molecule has 1 aromatic rings. The molecule has 0 unspecified atom stereocenters. The maximum absolute atomic E-state index is 3.96. The molecule has 0 aliphatic rings. The molecule has 72 valence electrons. The monoisotopic (exact) mass is 194 g/mol. The topological polar surface area (TPSA) is 0 Å². The maximum atomic E-state index is 3.96. The Morgan fingerprint density at radius 1 is 1.15 bits per heavy atom. The molecule has 0 aliphatic heterocycles. The van der Waals surface area contributed by atoms with E-state index in [1.54, 1.807) is 0 Å². The molecule has 0 aromatic heterocycles. The first kappa shape index (κ1) is 10.5. The Labute approximate surface area is 81.6 Å². The van der Waals surface area contributed by atoms with Gasteiger partial charge >= 0.3 is 81.1 Å². The van der Waals surface area contributed by atoms with Gasteiger partial charge in [-0.25, -0.2) is 0 Å². The van der Waals surface area contributed by atoms with Crippen molar-refractivity contribution < 1.29 is 0 Å². The van der Waals surface area contributed by atoms with E-state index < -0.39 is 6.60 Å². The average Bonchev–Trinajstić information content (AvgIpc) is 2.05. The fraction of sp³-hybridized carbons (Fsp3) is 0.333. The van der Waals surface area contributed by atoms with Crippen LogP contribution in [0.5, 0.6) is 0 Å². The third-order valence-electron chi connectivity index (χ3n) is 2.27. The van der Waals surface area contributed by atoms with Crippen molar-refractivity contribution >= 4 is 6.60 Å². The molecule has 0 saturated heterocycles. The summed E-state index contributed by atoms with van der Waals surface area (Å²) < 4.78 is 0. The second kappa shape index (κ2) is 3.27. The molecule has 0 amide bonds. The van der Waals surface area contributed by atoms with Gasteiger partial charge in [-0.3, -0.25) is 0 Å². The predicted octanol–water partition coefficient (Wildman–Crippen LogP) is 3.77. The summed E-state index contributed by atoms with van der Waals surface area (Å²) in [5.41, 5.74) is 1.42. The third-order valence-corrected chi connectivity index (χ3v) is 5.12. The fourth-order valence-electron chi connectivity index (χ4n) is 1.30. The van der Waals surface area contributed by atoms with E-state index in [1.165, 1.54) is 5.56 Å². The Balaban J connectivity index is 2.87. The van der Waals surface area contributed by atoms with Crippen LogP contribution in [0.15, 0.2) is 42.7 Å². The molecule has 0 heterocycles. The van der Waals surface area contributed by atoms with Gasteiger partial charge in [-0.2, -0.15) is 0 Å². The van der Waals surface area contributed by atoms with Crippen molar-refractivity contribution in [1.82, 2.24) is 0 Å². The summed E-state index contributed by atoms with van der Waals surface area (Å²) in [6.45, 7) is 9.40. The normalized spacial score (nSPS) is 14.5. The SMILES string of the molecule is C=CP(C)(C)(C)Cc1ccccc1. The van der Waals surface area contributed by atoms with Crippen LogP contribution in [0, 0.1) is 0 Å². The van der Waals surface area contributed by atoms with Crippen LogP contribution in [0.25, 0.3) is 0 Å². The summed E-state index contributed by atoms with van der Waals surface area (Å²) in [4.78, 5) is 0. The van der Waals surface area contributed by atoms with Crippen LogP contribution in [0.1, 0.15) is 5.56 Å². The van der Waals surface area contributed by atoms with Gasteiger partial charge in [0, 0.05) is 0 Å². The van der Waals surface area contributed by atoms with Crippen LogP contribution in [0.2, 0.25) is 0 Å². The summed E-state index contributed by atoms with van der Waals surface area (Å²) in [6.07, 6.45) is 1.16. The number of hydrogen-bond acceptors (Lipinski definition) is 0. The van der Waals surface area contributed by atoms with Crippen molar-refractivity contribution in [3.05, 3.63) is 48.3 Å². The first-order valence-corrected chi connectivity index (χ1v) is 8.42. The first-order chi connectivity index (χ1) is 5.91. The predicted molar refractivity (Wildman–Crippen MR) is 65.0 cm³/mol. The Kier molecular flexibility index (Phi) is 2.63. The van der Waals surface area contributed by atoms with Crippen LogP contribution in [-0.2, 0) is 6.16 Å². The summed E-state index contributed by atoms with van der Waals surface area (Å²) in [6, 6.07) is 10.7. The minimum atomic E-state index is -1.62. The molecule has 0 bridgehead atoms. The zero-order chi connectivity index (χ0) is 9.97. The molecule has 0 aliphatic carbocycles. The van der Waals surface area contributed by atoms with Gasteiger partial charge in [0.05, 0.1) is 0 Å². The molecule has 0 atom stereocenters. The zero-order valence-corrected chi connectivity index (χ0v) is 9.72. The van der Waals surface area contributed by atoms with E-state index in [2.05, 4.69) is 62.7 Å². The van der Waals surface area contributed by atoms with Gasteiger partial charge in [-0.05, 0) is 0 Å². The first-order valence-electron chi connectivity index (χ1n) is 4.59. The van der Waals surface area contributed by atoms with E-state index in [4.69, 9.17) is 0 Å². The number of rotatable bonds is 3. The summed E-state index contributed by atoms with van der Waals surface area (Å²) >= 11 is 0. The van der Waals surface area contributed by atoms with E-state index >= 15 is 0 Å². The molecular formula is C12H19P. The van der Waals surface area contributed by atoms with Crippen molar-refractivity contribution in [2.45, 2.75) is 6.16 Å². The molecule has 1 aromatic carbocycles. The Hall–Kier alpha value is -0.610. The van der Waals surface area contributed by atoms with Gasteiger partial charge in [-0.1, -0.05) is 0 Å². The van der Waals surface area contributed by atoms with Crippen LogP contribution in [-0.4, -0.2) is 20.0 Å². The van der Waals surface area contributed by atoms with Gasteiger partial charge in [0.1, 0.15) is 0 Å². The Morgan fingerprint density at radius 2 is 1.69 bits per heavy atom. The van der Waals surface area contributed by atoms with Crippen LogP contribution >= 0.6 is 6.60 Å². The molecule has 0 spiro atoms. The van der Waals surface area contributed by atoms with Crippen LogP contribution < -0.4 is 0 Å². The number of benzene rings is 1. The molecule has 13 heavy (non-hydrogen) atoms. The molecule has 0 saturated carbocycles. The van der Waals surface area contributed by atoms with E-state index in [0.29, 0.717) is 0 Å². The molecule has 1 heteroatoms. The van der Waals surface area contributed by atoms with E-state index in [0.717, 1.165) is 6.16 Å². The van der Waals surface area contributed by atoms with E-state index in [-0.39, 0.29) is 0 Å². The van der Waals surface area contributed by atoms with Gasteiger partial charge in [-0.15, -0.1) is 0 Å². The molecule has 0 nitrogen and oxygen atoms in total. The van der Waals surface area contributed by atoms with Gasteiger partial charge < -0.3 is 0 Å². The van der Waals surface area contributed by atoms with E-state index in [9.17, 15) is 0 Å². The number of hydrogen-bond donors (Lipinski definition) is 0. The zero-order valence-electron chi connectivity index (χ0n) is 8.83. The second-order valence-electron chi connectivity index (χ2n) is 5.07. The molecular weight excluding hydrogens is 175 g/mol. The van der Waals surface area contributed by atoms with Crippen molar-refractivity contribution in [2.24, 2.45) is 0 Å². The average molecular weight is 194 g/mol. The van der Waals surface area contributed by atoms with E-state index in [1.807, 2.05) is 0 Å². The van der Waals surface area contributed by atoms with Gasteiger partial charge in [0.2, 0.25) is 0 Å². The Morgan fingerprint density at radius 3 is 2.15 bits per heavy atom. The third kappa shape index (κ3) is 3.32. The second-order valence-corrected chi connectivity index (χ2v) is 12.3. The summed E-state index contributed by atoms with van der Waals surface area (Å²) in [5.74, 6) is 2.17. The molecule has 0 radical (unpaired) electrons. The standard InChI is InChI=1S/C12H19P/c1-5-13(2,3,4)11-12-9-7-6-8-10-12/h5-10H,1,11H2,2-4H3. The Bertz CT molecular complexity index is 290. The van der Waals surface area contributed by atoms with Crippen LogP contribution in [0.4, 0.5) is 0 Å². The van der Waals surface area contributed by atoms with Crippen molar-refractivity contribution in [1.29, 1.82) is 0 Å². The minimum absolute atomic E-state index is 1.16. The van der Waals surface area contributed by atoms with Crippen molar-refractivity contribution in [3.63, 3.8) is 0 Å². The quantitative estimate of drug-likeness (QED) is 0.642. The van der Waals surface area contributed by atoms with Gasteiger partial charge in [0.15, 0.2) is 0 Å².